The molecule has 0 aliphatic rings. The molecule has 0 aliphatic carbocycles. The number of non-ortho nitro benzene ring substituents is 1. The molecule has 0 radical (unpaired) electrons. The summed E-state index contributed by atoms with van der Waals surface area (Å²) in [6, 6.07) is 20.5. The summed E-state index contributed by atoms with van der Waals surface area (Å²) < 4.78 is 5.69. The summed E-state index contributed by atoms with van der Waals surface area (Å²) in [7, 11) is 1.93. The highest BCUT2D eigenvalue weighted by Crippen LogP contribution is 2.46. The van der Waals surface area contributed by atoms with Crippen molar-refractivity contribution >= 4 is 40.1 Å². The molecule has 0 fully saturated rings. The number of hydrogen-bond donors (Lipinski definition) is 1. The molecule has 1 unspecified atom stereocenters. The van der Waals surface area contributed by atoms with Gasteiger partial charge in [0.1, 0.15) is 6.61 Å². The van der Waals surface area contributed by atoms with E-state index in [9.17, 15) is 14.9 Å². The Morgan fingerprint density at radius 3 is 1.52 bits per heavy atom. The van der Waals surface area contributed by atoms with Crippen LogP contribution in [0.5, 0.6) is 0 Å². The van der Waals surface area contributed by atoms with Crippen LogP contribution in [0.3, 0.4) is 0 Å². The van der Waals surface area contributed by atoms with Crippen LogP contribution < -0.4 is 10.6 Å². The number of nitrogens with zero attached hydrogens (tertiary/aromatic N) is 6. The number of carbonyl (C=O) groups is 1. The average molecular weight is 574 g/mol. The molecule has 3 aromatic carbocycles. The Morgan fingerprint density at radius 1 is 0.786 bits per heavy atom. The topological polar surface area (TPSA) is 148 Å². The maximum Gasteiger partial charge on any atom is 0.314 e. The van der Waals surface area contributed by atoms with E-state index in [1.54, 1.807) is 24.3 Å². The van der Waals surface area contributed by atoms with Crippen molar-refractivity contribution in [3.8, 4) is 0 Å². The third-order valence-electron chi connectivity index (χ3n) is 7.62. The molecule has 0 bridgehead atoms. The maximum absolute atomic E-state index is 13.1. The van der Waals surface area contributed by atoms with Crippen LogP contribution in [0.4, 0.5) is 34.1 Å². The molecule has 0 aliphatic heterocycles. The lowest BCUT2D eigenvalue weighted by Crippen LogP contribution is -2.60. The van der Waals surface area contributed by atoms with Gasteiger partial charge in [0, 0.05) is 30.4 Å². The highest BCUT2D eigenvalue weighted by molar-refractivity contribution is 5.79. The van der Waals surface area contributed by atoms with Crippen molar-refractivity contribution in [2.45, 2.75) is 47.1 Å². The Balaban J connectivity index is 1.53. The van der Waals surface area contributed by atoms with Gasteiger partial charge >= 0.3 is 5.97 Å². The van der Waals surface area contributed by atoms with E-state index in [2.05, 4.69) is 20.5 Å². The number of ether oxygens (including phenoxy) is 1. The number of nitrogens with two attached hydrogens (primary N) is 1. The number of carbonyl (C=O) groups excluding carboxylic acids is 1. The minimum Gasteiger partial charge on any atom is -0.463 e. The van der Waals surface area contributed by atoms with E-state index < -0.39 is 15.9 Å². The molecule has 3 aromatic rings. The van der Waals surface area contributed by atoms with Crippen LogP contribution >= 0.6 is 0 Å². The molecule has 0 heterocycles. The SMILES string of the molecule is CN(CCOC(=O)C(C)(C(C)(C)C)C(C)(C)N)c1ccc(/N=N/c2ccc(/N=N/c3ccc([N+](=O)[O-])cc3)cc2)cc1. The Morgan fingerprint density at radius 2 is 1.17 bits per heavy atom. The molecular formula is C31H39N7O4. The lowest BCUT2D eigenvalue weighted by Gasteiger charge is -2.48. The molecular weight excluding hydrogens is 534 g/mol. The number of rotatable bonds is 11. The van der Waals surface area contributed by atoms with Crippen LogP contribution in [0, 0.1) is 20.9 Å². The molecule has 1 atom stereocenters. The zero-order valence-corrected chi connectivity index (χ0v) is 25.2. The Labute approximate surface area is 246 Å². The highest BCUT2D eigenvalue weighted by Gasteiger charge is 2.54. The number of likely N-dealkylation sites (N-methyl/N-ethyl adjacent to an activating group) is 1. The lowest BCUT2D eigenvalue weighted by atomic mass is 9.58. The largest absolute Gasteiger partial charge is 0.463 e. The molecule has 0 saturated heterocycles. The molecule has 11 nitrogen and oxygen atoms in total. The predicted octanol–water partition coefficient (Wildman–Crippen LogP) is 8.19. The highest BCUT2D eigenvalue weighted by atomic mass is 16.6. The normalized spacial score (nSPS) is 13.7. The Hall–Kier alpha value is -4.51. The van der Waals surface area contributed by atoms with Crippen LogP contribution in [0.1, 0.15) is 41.5 Å². The molecule has 0 amide bonds. The number of hydrogen-bond acceptors (Lipinski definition) is 10. The van der Waals surface area contributed by atoms with Gasteiger partial charge in [0.25, 0.3) is 5.69 Å². The van der Waals surface area contributed by atoms with Crippen LogP contribution in [-0.4, -0.2) is 36.6 Å². The zero-order valence-electron chi connectivity index (χ0n) is 25.2. The van der Waals surface area contributed by atoms with E-state index in [0.29, 0.717) is 29.3 Å². The summed E-state index contributed by atoms with van der Waals surface area (Å²) in [5.41, 5.74) is 7.83. The third kappa shape index (κ3) is 7.82. The zero-order chi connectivity index (χ0) is 31.1. The first kappa shape index (κ1) is 32.0. The molecule has 3 rings (SSSR count). The van der Waals surface area contributed by atoms with Crippen molar-refractivity contribution in [1.82, 2.24) is 0 Å². The van der Waals surface area contributed by atoms with E-state index in [1.165, 1.54) is 24.3 Å². The van der Waals surface area contributed by atoms with Gasteiger partial charge in [0.2, 0.25) is 0 Å². The summed E-state index contributed by atoms with van der Waals surface area (Å²) in [5, 5.41) is 27.6. The summed E-state index contributed by atoms with van der Waals surface area (Å²) in [5.74, 6) is -0.299. The van der Waals surface area contributed by atoms with Gasteiger partial charge in [-0.3, -0.25) is 14.9 Å². The Kier molecular flexibility index (Phi) is 9.90. The molecule has 0 spiro atoms. The molecule has 2 N–H and O–H groups in total. The monoisotopic (exact) mass is 573 g/mol. The van der Waals surface area contributed by atoms with Crippen LogP contribution in [-0.2, 0) is 9.53 Å². The van der Waals surface area contributed by atoms with Crippen molar-refractivity contribution in [1.29, 1.82) is 0 Å². The van der Waals surface area contributed by atoms with Crippen LogP contribution in [0.15, 0.2) is 93.3 Å². The number of anilines is 1. The van der Waals surface area contributed by atoms with Crippen molar-refractivity contribution in [3.63, 3.8) is 0 Å². The summed E-state index contributed by atoms with van der Waals surface area (Å²) in [4.78, 5) is 25.4. The van der Waals surface area contributed by atoms with Crippen LogP contribution in [0.25, 0.3) is 0 Å². The van der Waals surface area contributed by atoms with Crippen molar-refractivity contribution in [3.05, 3.63) is 82.9 Å². The first-order chi connectivity index (χ1) is 19.6. The summed E-state index contributed by atoms with van der Waals surface area (Å²) in [6.07, 6.45) is 0. The van der Waals surface area contributed by atoms with Gasteiger partial charge in [-0.05, 0) is 86.8 Å². The molecule has 42 heavy (non-hydrogen) atoms. The van der Waals surface area contributed by atoms with Gasteiger partial charge in [-0.25, -0.2) is 0 Å². The lowest BCUT2D eigenvalue weighted by molar-refractivity contribution is -0.384. The smallest absolute Gasteiger partial charge is 0.314 e. The fourth-order valence-corrected chi connectivity index (χ4v) is 4.32. The molecule has 0 saturated carbocycles. The fraction of sp³-hybridized carbons (Fsp3) is 0.387. The minimum atomic E-state index is -0.856. The predicted molar refractivity (Wildman–Crippen MR) is 164 cm³/mol. The van der Waals surface area contributed by atoms with Gasteiger partial charge < -0.3 is 15.4 Å². The van der Waals surface area contributed by atoms with E-state index in [4.69, 9.17) is 10.5 Å². The van der Waals surface area contributed by atoms with Gasteiger partial charge in [-0.2, -0.15) is 20.5 Å². The van der Waals surface area contributed by atoms with E-state index in [-0.39, 0.29) is 23.7 Å². The van der Waals surface area contributed by atoms with E-state index >= 15 is 0 Å². The van der Waals surface area contributed by atoms with Gasteiger partial charge in [0.05, 0.1) is 39.6 Å². The average Bonchev–Trinajstić information content (AvgIpc) is 2.94. The van der Waals surface area contributed by atoms with Crippen molar-refractivity contribution < 1.29 is 14.5 Å². The van der Waals surface area contributed by atoms with E-state index in [1.807, 2.05) is 77.8 Å². The molecule has 222 valence electrons. The standard InChI is InChI=1S/C31H39N7O4/c1-29(2,3)31(6,30(4,5)32)28(39)42-21-20-37(7)26-16-12-24(13-17-26)35-33-22-8-10-23(11-9-22)34-36-25-14-18-27(19-15-25)38(40)41/h8-19H,20-21,32H2,1-7H3/b35-33+,36-34+. The van der Waals surface area contributed by atoms with Crippen molar-refractivity contribution in [2.75, 3.05) is 25.1 Å². The summed E-state index contributed by atoms with van der Waals surface area (Å²) >= 11 is 0. The first-order valence-electron chi connectivity index (χ1n) is 13.6. The number of benzene rings is 3. The van der Waals surface area contributed by atoms with E-state index in [0.717, 1.165) is 5.69 Å². The second kappa shape index (κ2) is 13.0. The number of nitro benzene ring substituents is 1. The molecule has 11 heteroatoms. The number of azo groups is 2. The van der Waals surface area contributed by atoms with Gasteiger partial charge in [-0.1, -0.05) is 20.8 Å². The van der Waals surface area contributed by atoms with Gasteiger partial charge in [-0.15, -0.1) is 0 Å². The number of nitro groups is 1. The summed E-state index contributed by atoms with van der Waals surface area (Å²) in [6.45, 7) is 12.4. The second-order valence-corrected chi connectivity index (χ2v) is 11.9. The fourth-order valence-electron chi connectivity index (χ4n) is 4.32. The van der Waals surface area contributed by atoms with Crippen LogP contribution in [0.2, 0.25) is 0 Å². The quantitative estimate of drug-likeness (QED) is 0.106. The minimum absolute atomic E-state index is 0.000200. The molecule has 0 aromatic heterocycles. The number of esters is 1. The van der Waals surface area contributed by atoms with Crippen molar-refractivity contribution in [2.24, 2.45) is 37.0 Å². The van der Waals surface area contributed by atoms with Gasteiger partial charge in [0.15, 0.2) is 0 Å². The maximum atomic E-state index is 13.1. The first-order valence-corrected chi connectivity index (χ1v) is 13.6. The Bertz CT molecular complexity index is 1410. The third-order valence-corrected chi connectivity index (χ3v) is 7.62. The second-order valence-electron chi connectivity index (χ2n) is 11.9.